The van der Waals surface area contributed by atoms with E-state index in [-0.39, 0.29) is 6.61 Å². The van der Waals surface area contributed by atoms with E-state index in [1.54, 1.807) is 0 Å². The standard InChI is InChI=1S/C18H22N2O7/c1-25-16(22)14(17(23)26-2)19-15(21)13-9-6-10-20(13)18(24)27-11-12-7-4-3-5-8-12/h3-5,7-8,13-14H,6,9-11H2,1-2H3,(H,19,21)/t13-/m0/s1. The van der Waals surface area contributed by atoms with Gasteiger partial charge in [0, 0.05) is 6.54 Å². The first-order valence-corrected chi connectivity index (χ1v) is 8.41. The zero-order valence-electron chi connectivity index (χ0n) is 15.2. The molecule has 27 heavy (non-hydrogen) atoms. The van der Waals surface area contributed by atoms with Gasteiger partial charge in [-0.3, -0.25) is 9.69 Å². The number of rotatable bonds is 6. The monoisotopic (exact) mass is 378 g/mol. The van der Waals surface area contributed by atoms with E-state index in [1.165, 1.54) is 4.90 Å². The maximum Gasteiger partial charge on any atom is 0.410 e. The Bertz CT molecular complexity index is 676. The lowest BCUT2D eigenvalue weighted by Crippen LogP contribution is -2.54. The number of likely N-dealkylation sites (tertiary alicyclic amines) is 1. The maximum atomic E-state index is 12.5. The van der Waals surface area contributed by atoms with E-state index in [4.69, 9.17) is 4.74 Å². The highest BCUT2D eigenvalue weighted by Gasteiger charge is 2.39. The Labute approximate surface area is 156 Å². The van der Waals surface area contributed by atoms with Gasteiger partial charge in [0.2, 0.25) is 11.9 Å². The summed E-state index contributed by atoms with van der Waals surface area (Å²) in [6, 6.07) is 6.72. The van der Waals surface area contributed by atoms with Crippen molar-refractivity contribution < 1.29 is 33.4 Å². The third-order valence-corrected chi connectivity index (χ3v) is 4.16. The fourth-order valence-corrected chi connectivity index (χ4v) is 2.75. The number of esters is 2. The molecule has 2 rings (SSSR count). The molecule has 1 aromatic rings. The molecule has 146 valence electrons. The minimum Gasteiger partial charge on any atom is -0.467 e. The first-order valence-electron chi connectivity index (χ1n) is 8.41. The molecule has 0 radical (unpaired) electrons. The summed E-state index contributed by atoms with van der Waals surface area (Å²) in [6.45, 7) is 0.421. The average Bonchev–Trinajstić information content (AvgIpc) is 3.19. The number of hydrogen-bond donors (Lipinski definition) is 1. The Balaban J connectivity index is 1.99. The maximum absolute atomic E-state index is 12.5. The molecule has 0 saturated carbocycles. The number of carbonyl (C=O) groups excluding carboxylic acids is 4. The fourth-order valence-electron chi connectivity index (χ4n) is 2.75. The third-order valence-electron chi connectivity index (χ3n) is 4.16. The molecule has 1 saturated heterocycles. The van der Waals surface area contributed by atoms with Gasteiger partial charge >= 0.3 is 18.0 Å². The van der Waals surface area contributed by atoms with Crippen LogP contribution in [0.15, 0.2) is 30.3 Å². The molecule has 0 spiro atoms. The van der Waals surface area contributed by atoms with Crippen LogP contribution < -0.4 is 5.32 Å². The summed E-state index contributed by atoms with van der Waals surface area (Å²) in [6.07, 6.45) is 0.352. The van der Waals surface area contributed by atoms with E-state index in [0.29, 0.717) is 19.4 Å². The van der Waals surface area contributed by atoms with Gasteiger partial charge in [-0.25, -0.2) is 14.4 Å². The summed E-state index contributed by atoms with van der Waals surface area (Å²) in [4.78, 5) is 49.5. The zero-order chi connectivity index (χ0) is 19.8. The van der Waals surface area contributed by atoms with E-state index in [1.807, 2.05) is 30.3 Å². The van der Waals surface area contributed by atoms with Crippen molar-refractivity contribution >= 4 is 23.9 Å². The second-order valence-corrected chi connectivity index (χ2v) is 5.88. The van der Waals surface area contributed by atoms with Crippen LogP contribution in [-0.4, -0.2) is 61.7 Å². The van der Waals surface area contributed by atoms with Crippen molar-refractivity contribution in [1.29, 1.82) is 0 Å². The molecule has 1 N–H and O–H groups in total. The van der Waals surface area contributed by atoms with Gasteiger partial charge in [0.25, 0.3) is 0 Å². The van der Waals surface area contributed by atoms with E-state index >= 15 is 0 Å². The molecule has 1 heterocycles. The van der Waals surface area contributed by atoms with E-state index in [2.05, 4.69) is 14.8 Å². The van der Waals surface area contributed by atoms with Gasteiger partial charge in [0.1, 0.15) is 12.6 Å². The van der Waals surface area contributed by atoms with Crippen molar-refractivity contribution in [2.75, 3.05) is 20.8 Å². The molecule has 9 nitrogen and oxygen atoms in total. The summed E-state index contributed by atoms with van der Waals surface area (Å²) < 4.78 is 14.3. The van der Waals surface area contributed by atoms with Crippen molar-refractivity contribution in [3.05, 3.63) is 35.9 Å². The van der Waals surface area contributed by atoms with Gasteiger partial charge in [-0.2, -0.15) is 0 Å². The van der Waals surface area contributed by atoms with Crippen LogP contribution in [0.25, 0.3) is 0 Å². The minimum absolute atomic E-state index is 0.0808. The number of carbonyl (C=O) groups is 4. The summed E-state index contributed by atoms with van der Waals surface area (Å²) in [5, 5.41) is 2.28. The lowest BCUT2D eigenvalue weighted by atomic mass is 10.2. The van der Waals surface area contributed by atoms with Crippen LogP contribution >= 0.6 is 0 Å². The molecular formula is C18H22N2O7. The fraction of sp³-hybridized carbons (Fsp3) is 0.444. The van der Waals surface area contributed by atoms with E-state index in [9.17, 15) is 19.2 Å². The van der Waals surface area contributed by atoms with Crippen molar-refractivity contribution in [3.63, 3.8) is 0 Å². The molecule has 1 fully saturated rings. The molecule has 1 atom stereocenters. The van der Waals surface area contributed by atoms with Crippen LogP contribution in [0.2, 0.25) is 0 Å². The second-order valence-electron chi connectivity index (χ2n) is 5.88. The van der Waals surface area contributed by atoms with Crippen molar-refractivity contribution in [2.24, 2.45) is 0 Å². The number of hydrogen-bond acceptors (Lipinski definition) is 7. The Morgan fingerprint density at radius 2 is 1.74 bits per heavy atom. The summed E-state index contributed by atoms with van der Waals surface area (Å²) in [5.74, 6) is -2.55. The van der Waals surface area contributed by atoms with Gasteiger partial charge in [0.15, 0.2) is 0 Å². The predicted octanol–water partition coefficient (Wildman–Crippen LogP) is 0.618. The Morgan fingerprint density at radius 3 is 2.33 bits per heavy atom. The van der Waals surface area contributed by atoms with Crippen LogP contribution in [0.4, 0.5) is 4.79 Å². The normalized spacial score (nSPS) is 16.0. The molecule has 0 bridgehead atoms. The topological polar surface area (TPSA) is 111 Å². The first kappa shape index (κ1) is 20.2. The molecular weight excluding hydrogens is 356 g/mol. The molecule has 2 amide bonds. The van der Waals surface area contributed by atoms with Gasteiger partial charge in [0.05, 0.1) is 14.2 Å². The molecule has 1 aliphatic rings. The number of nitrogens with one attached hydrogen (secondary N) is 1. The summed E-state index contributed by atoms with van der Waals surface area (Å²) in [7, 11) is 2.18. The van der Waals surface area contributed by atoms with Gasteiger partial charge in [-0.1, -0.05) is 30.3 Å². The van der Waals surface area contributed by atoms with Crippen LogP contribution in [0.3, 0.4) is 0 Å². The smallest absolute Gasteiger partial charge is 0.410 e. The second kappa shape index (κ2) is 9.56. The van der Waals surface area contributed by atoms with Crippen LogP contribution in [0, 0.1) is 0 Å². The molecule has 9 heteroatoms. The quantitative estimate of drug-likeness (QED) is 0.439. The SMILES string of the molecule is COC(=O)C(NC(=O)[C@@H]1CCCN1C(=O)OCc1ccccc1)C(=O)OC. The van der Waals surface area contributed by atoms with Crippen molar-refractivity contribution in [1.82, 2.24) is 10.2 Å². The average molecular weight is 378 g/mol. The first-order chi connectivity index (χ1) is 13.0. The Kier molecular flexibility index (Phi) is 7.16. The van der Waals surface area contributed by atoms with Gasteiger partial charge < -0.3 is 19.5 Å². The lowest BCUT2D eigenvalue weighted by Gasteiger charge is -2.24. The van der Waals surface area contributed by atoms with Crippen molar-refractivity contribution in [2.45, 2.75) is 31.5 Å². The molecule has 0 unspecified atom stereocenters. The number of ether oxygens (including phenoxy) is 3. The minimum atomic E-state index is -1.59. The van der Waals surface area contributed by atoms with Crippen molar-refractivity contribution in [3.8, 4) is 0 Å². The number of amides is 2. The molecule has 0 aromatic heterocycles. The third kappa shape index (κ3) is 5.19. The van der Waals surface area contributed by atoms with E-state index < -0.39 is 36.0 Å². The number of nitrogens with zero attached hydrogens (tertiary/aromatic N) is 1. The van der Waals surface area contributed by atoms with Gasteiger partial charge in [-0.15, -0.1) is 0 Å². The highest BCUT2D eigenvalue weighted by molar-refractivity contribution is 6.03. The largest absolute Gasteiger partial charge is 0.467 e. The highest BCUT2D eigenvalue weighted by atomic mass is 16.6. The highest BCUT2D eigenvalue weighted by Crippen LogP contribution is 2.19. The van der Waals surface area contributed by atoms with Crippen LogP contribution in [-0.2, 0) is 35.2 Å². The molecule has 0 aliphatic carbocycles. The lowest BCUT2D eigenvalue weighted by molar-refractivity contribution is -0.157. The molecule has 1 aliphatic heterocycles. The summed E-state index contributed by atoms with van der Waals surface area (Å²) in [5.41, 5.74) is 0.822. The Hall–Kier alpha value is -3.10. The Morgan fingerprint density at radius 1 is 1.11 bits per heavy atom. The molecule has 1 aromatic carbocycles. The van der Waals surface area contributed by atoms with Crippen LogP contribution in [0.5, 0.6) is 0 Å². The number of methoxy groups -OCH3 is 2. The summed E-state index contributed by atoms with van der Waals surface area (Å²) >= 11 is 0. The van der Waals surface area contributed by atoms with Crippen LogP contribution in [0.1, 0.15) is 18.4 Å². The zero-order valence-corrected chi connectivity index (χ0v) is 15.2. The van der Waals surface area contributed by atoms with E-state index in [0.717, 1.165) is 19.8 Å². The van der Waals surface area contributed by atoms with Gasteiger partial charge in [-0.05, 0) is 18.4 Å². The predicted molar refractivity (Wildman–Crippen MR) is 92.3 cm³/mol. The number of benzene rings is 1.